The van der Waals surface area contributed by atoms with Crippen LogP contribution in [0.25, 0.3) is 0 Å². The number of amides is 1. The highest BCUT2D eigenvalue weighted by Gasteiger charge is 2.08. The number of carbonyl (C=O) groups excluding carboxylic acids is 1. The molecule has 0 aliphatic heterocycles. The molecule has 100 valence electrons. The first kappa shape index (κ1) is 11.9. The van der Waals surface area contributed by atoms with Gasteiger partial charge in [-0.1, -0.05) is 10.2 Å². The topological polar surface area (TPSA) is 106 Å². The molecule has 8 heteroatoms. The van der Waals surface area contributed by atoms with Gasteiger partial charge in [-0.2, -0.15) is 5.21 Å². The Morgan fingerprint density at radius 1 is 1.25 bits per heavy atom. The first-order valence-electron chi connectivity index (χ1n) is 5.67. The zero-order valence-electron chi connectivity index (χ0n) is 10.1. The van der Waals surface area contributed by atoms with Crippen LogP contribution in [-0.4, -0.2) is 26.5 Å². The van der Waals surface area contributed by atoms with Crippen molar-refractivity contribution in [2.24, 2.45) is 0 Å². The van der Waals surface area contributed by atoms with E-state index < -0.39 is 0 Å². The van der Waals surface area contributed by atoms with Crippen molar-refractivity contribution in [1.29, 1.82) is 0 Å². The van der Waals surface area contributed by atoms with Gasteiger partial charge >= 0.3 is 6.01 Å². The molecule has 8 nitrogen and oxygen atoms in total. The number of rotatable bonds is 4. The maximum absolute atomic E-state index is 11.7. The van der Waals surface area contributed by atoms with E-state index in [9.17, 15) is 4.79 Å². The number of benzene rings is 1. The lowest BCUT2D eigenvalue weighted by atomic mass is 10.3. The van der Waals surface area contributed by atoms with Crippen LogP contribution < -0.4 is 10.1 Å². The van der Waals surface area contributed by atoms with Gasteiger partial charge in [0.1, 0.15) is 5.75 Å². The number of hydrogen-bond donors (Lipinski definition) is 2. The number of ether oxygens (including phenoxy) is 1. The fraction of sp³-hybridized carbons (Fsp3) is 0. The van der Waals surface area contributed by atoms with Gasteiger partial charge in [0.2, 0.25) is 0 Å². The van der Waals surface area contributed by atoms with Crippen molar-refractivity contribution in [2.45, 2.75) is 0 Å². The van der Waals surface area contributed by atoms with E-state index in [-0.39, 0.29) is 17.7 Å². The number of anilines is 1. The van der Waals surface area contributed by atoms with E-state index in [0.717, 1.165) is 0 Å². The van der Waals surface area contributed by atoms with Crippen LogP contribution >= 0.6 is 0 Å². The molecule has 3 rings (SSSR count). The molecule has 0 radical (unpaired) electrons. The third-order valence-corrected chi connectivity index (χ3v) is 2.39. The summed E-state index contributed by atoms with van der Waals surface area (Å²) in [4.78, 5) is 11.7. The quantitative estimate of drug-likeness (QED) is 0.749. The van der Waals surface area contributed by atoms with Gasteiger partial charge in [-0.25, -0.2) is 0 Å². The molecule has 0 atom stereocenters. The first-order chi connectivity index (χ1) is 9.81. The highest BCUT2D eigenvalue weighted by Crippen LogP contribution is 2.19. The molecule has 0 fully saturated rings. The molecule has 0 saturated carbocycles. The maximum Gasteiger partial charge on any atom is 0.361 e. The van der Waals surface area contributed by atoms with E-state index >= 15 is 0 Å². The lowest BCUT2D eigenvalue weighted by molar-refractivity contribution is 0.0996. The van der Waals surface area contributed by atoms with Crippen molar-refractivity contribution in [3.63, 3.8) is 0 Å². The Balaban J connectivity index is 1.65. The van der Waals surface area contributed by atoms with Crippen molar-refractivity contribution in [1.82, 2.24) is 20.6 Å². The van der Waals surface area contributed by atoms with Gasteiger partial charge in [-0.05, 0) is 41.6 Å². The van der Waals surface area contributed by atoms with Crippen LogP contribution in [0, 0.1) is 0 Å². The smallest absolute Gasteiger partial charge is 0.361 e. The normalized spacial score (nSPS) is 10.2. The summed E-state index contributed by atoms with van der Waals surface area (Å²) < 4.78 is 10.3. The standard InChI is InChI=1S/C12H9N5O3/c18-11(10-2-1-7-19-10)13-8-3-5-9(6-4-8)20-12-14-16-17-15-12/h1-7H,(H,13,18)(H,14,15,16,17). The molecular formula is C12H9N5O3. The predicted molar refractivity (Wildman–Crippen MR) is 67.4 cm³/mol. The van der Waals surface area contributed by atoms with Gasteiger partial charge in [0, 0.05) is 5.69 Å². The average Bonchev–Trinajstić information content (AvgIpc) is 3.13. The van der Waals surface area contributed by atoms with Crippen LogP contribution in [0.15, 0.2) is 47.1 Å². The van der Waals surface area contributed by atoms with Crippen molar-refractivity contribution < 1.29 is 13.9 Å². The third-order valence-electron chi connectivity index (χ3n) is 2.39. The molecular weight excluding hydrogens is 262 g/mol. The predicted octanol–water partition coefficient (Wildman–Crippen LogP) is 1.84. The molecule has 0 aliphatic rings. The molecule has 0 aliphatic carbocycles. The highest BCUT2D eigenvalue weighted by molar-refractivity contribution is 6.02. The first-order valence-corrected chi connectivity index (χ1v) is 5.67. The van der Waals surface area contributed by atoms with E-state index in [4.69, 9.17) is 9.15 Å². The summed E-state index contributed by atoms with van der Waals surface area (Å²) in [5, 5.41) is 15.7. The van der Waals surface area contributed by atoms with E-state index in [1.165, 1.54) is 6.26 Å². The number of aromatic nitrogens is 4. The average molecular weight is 271 g/mol. The molecule has 0 bridgehead atoms. The van der Waals surface area contributed by atoms with Gasteiger partial charge in [-0.3, -0.25) is 4.79 Å². The summed E-state index contributed by atoms with van der Waals surface area (Å²) in [5.41, 5.74) is 0.617. The van der Waals surface area contributed by atoms with Crippen molar-refractivity contribution >= 4 is 11.6 Å². The molecule has 1 aromatic carbocycles. The van der Waals surface area contributed by atoms with E-state index in [2.05, 4.69) is 25.9 Å². The molecule has 0 spiro atoms. The Hall–Kier alpha value is -3.16. The van der Waals surface area contributed by atoms with Crippen molar-refractivity contribution in [3.8, 4) is 11.8 Å². The zero-order chi connectivity index (χ0) is 13.8. The van der Waals surface area contributed by atoms with Gasteiger partial charge in [0.25, 0.3) is 5.91 Å². The molecule has 0 unspecified atom stereocenters. The third kappa shape index (κ3) is 2.64. The minimum Gasteiger partial charge on any atom is -0.459 e. The Bertz CT molecular complexity index is 676. The van der Waals surface area contributed by atoms with Gasteiger partial charge in [0.05, 0.1) is 6.26 Å². The zero-order valence-corrected chi connectivity index (χ0v) is 10.1. The number of nitrogens with zero attached hydrogens (tertiary/aromatic N) is 3. The fourth-order valence-corrected chi connectivity index (χ4v) is 1.51. The Labute approximate surface area is 112 Å². The maximum atomic E-state index is 11.7. The number of tetrazole rings is 1. The fourth-order valence-electron chi connectivity index (χ4n) is 1.51. The van der Waals surface area contributed by atoms with Crippen LogP contribution in [0.4, 0.5) is 5.69 Å². The molecule has 2 heterocycles. The Morgan fingerprint density at radius 3 is 2.75 bits per heavy atom. The molecule has 2 aromatic heterocycles. The van der Waals surface area contributed by atoms with Gasteiger partial charge < -0.3 is 14.5 Å². The summed E-state index contributed by atoms with van der Waals surface area (Å²) in [6.07, 6.45) is 1.44. The lowest BCUT2D eigenvalue weighted by Crippen LogP contribution is -2.10. The Morgan fingerprint density at radius 2 is 2.10 bits per heavy atom. The van der Waals surface area contributed by atoms with Gasteiger partial charge in [0.15, 0.2) is 5.76 Å². The van der Waals surface area contributed by atoms with Crippen LogP contribution in [0.3, 0.4) is 0 Å². The second kappa shape index (κ2) is 5.22. The minimum atomic E-state index is -0.318. The van der Waals surface area contributed by atoms with Gasteiger partial charge in [-0.15, -0.1) is 0 Å². The summed E-state index contributed by atoms with van der Waals surface area (Å²) in [6, 6.07) is 10.1. The summed E-state index contributed by atoms with van der Waals surface area (Å²) in [7, 11) is 0. The molecule has 3 aromatic rings. The van der Waals surface area contributed by atoms with E-state index in [0.29, 0.717) is 11.4 Å². The van der Waals surface area contributed by atoms with Crippen molar-refractivity contribution in [3.05, 3.63) is 48.4 Å². The van der Waals surface area contributed by atoms with Crippen molar-refractivity contribution in [2.75, 3.05) is 5.32 Å². The summed E-state index contributed by atoms with van der Waals surface area (Å²) in [6.45, 7) is 0. The van der Waals surface area contributed by atoms with Crippen LogP contribution in [0.2, 0.25) is 0 Å². The number of hydrogen-bond acceptors (Lipinski definition) is 6. The monoisotopic (exact) mass is 271 g/mol. The molecule has 0 saturated heterocycles. The summed E-state index contributed by atoms with van der Waals surface area (Å²) >= 11 is 0. The number of furan rings is 1. The minimum absolute atomic E-state index is 0.123. The number of aromatic amines is 1. The summed E-state index contributed by atoms with van der Waals surface area (Å²) in [5.74, 6) is 0.460. The van der Waals surface area contributed by atoms with E-state index in [1.807, 2.05) is 0 Å². The number of carbonyl (C=O) groups is 1. The SMILES string of the molecule is O=C(Nc1ccc(Oc2nn[nH]n2)cc1)c1ccco1. The Kier molecular flexibility index (Phi) is 3.11. The molecule has 2 N–H and O–H groups in total. The number of H-pyrrole nitrogens is 1. The van der Waals surface area contributed by atoms with Crippen LogP contribution in [0.5, 0.6) is 11.8 Å². The van der Waals surface area contributed by atoms with E-state index in [1.54, 1.807) is 36.4 Å². The van der Waals surface area contributed by atoms with Crippen LogP contribution in [-0.2, 0) is 0 Å². The molecule has 1 amide bonds. The largest absolute Gasteiger partial charge is 0.459 e. The van der Waals surface area contributed by atoms with Crippen LogP contribution in [0.1, 0.15) is 10.6 Å². The lowest BCUT2D eigenvalue weighted by Gasteiger charge is -2.04. The molecule has 20 heavy (non-hydrogen) atoms. The second-order valence-corrected chi connectivity index (χ2v) is 3.75. The highest BCUT2D eigenvalue weighted by atomic mass is 16.5. The number of nitrogens with one attached hydrogen (secondary N) is 2. The second-order valence-electron chi connectivity index (χ2n) is 3.75.